The van der Waals surface area contributed by atoms with Gasteiger partial charge in [-0.1, -0.05) is 6.07 Å². The van der Waals surface area contributed by atoms with E-state index in [2.05, 4.69) is 15.9 Å². The van der Waals surface area contributed by atoms with Crippen LogP contribution in [-0.2, 0) is 14.3 Å². The molecule has 8 nitrogen and oxygen atoms in total. The van der Waals surface area contributed by atoms with Crippen LogP contribution in [0.15, 0.2) is 51.1 Å². The van der Waals surface area contributed by atoms with Crippen LogP contribution < -0.4 is 14.2 Å². The first-order valence-corrected chi connectivity index (χ1v) is 12.2. The highest BCUT2D eigenvalue weighted by atomic mass is 79.9. The standard InChI is InChI=1S/C27H28BrNO7/c1-13-23(27(32)36-5)24(16-8-17(28)26(31)22(12-16)35-4)25-18(29-13)9-15(10-19(25)30)14-6-7-20(33-2)21(11-14)34-3/h6-8,11-12,15,23-24,31H,9-10H2,1-5H3/t15-,23?,24-/m1/s1. The lowest BCUT2D eigenvalue weighted by atomic mass is 9.69. The molecule has 1 unspecified atom stereocenters. The molecule has 36 heavy (non-hydrogen) atoms. The lowest BCUT2D eigenvalue weighted by Crippen LogP contribution is -2.37. The molecule has 0 spiro atoms. The summed E-state index contributed by atoms with van der Waals surface area (Å²) in [6.45, 7) is 1.77. The number of nitrogens with zero attached hydrogens (tertiary/aromatic N) is 1. The number of esters is 1. The molecular formula is C27H28BrNO7. The van der Waals surface area contributed by atoms with Crippen molar-refractivity contribution in [2.45, 2.75) is 31.6 Å². The van der Waals surface area contributed by atoms with Gasteiger partial charge in [0.2, 0.25) is 0 Å². The number of carbonyl (C=O) groups is 2. The van der Waals surface area contributed by atoms with E-state index in [9.17, 15) is 14.7 Å². The number of aliphatic imine (C=N–C) groups is 1. The lowest BCUT2D eigenvalue weighted by molar-refractivity contribution is -0.143. The van der Waals surface area contributed by atoms with Gasteiger partial charge in [-0.2, -0.15) is 0 Å². The molecule has 0 bridgehead atoms. The molecule has 1 aliphatic heterocycles. The molecular weight excluding hydrogens is 530 g/mol. The molecule has 4 rings (SSSR count). The summed E-state index contributed by atoms with van der Waals surface area (Å²) >= 11 is 3.36. The number of hydrogen-bond donors (Lipinski definition) is 1. The van der Waals surface area contributed by atoms with Crippen LogP contribution in [0.1, 0.15) is 42.7 Å². The molecule has 1 N–H and O–H groups in total. The van der Waals surface area contributed by atoms with Crippen LogP contribution in [0, 0.1) is 5.92 Å². The molecule has 2 aliphatic rings. The second-order valence-corrected chi connectivity index (χ2v) is 9.64. The summed E-state index contributed by atoms with van der Waals surface area (Å²) in [4.78, 5) is 31.4. The van der Waals surface area contributed by atoms with Gasteiger partial charge in [-0.05, 0) is 70.6 Å². The Morgan fingerprint density at radius 2 is 1.64 bits per heavy atom. The minimum atomic E-state index is -0.781. The number of ketones is 1. The van der Waals surface area contributed by atoms with E-state index in [1.54, 1.807) is 33.3 Å². The molecule has 2 aromatic carbocycles. The van der Waals surface area contributed by atoms with Crippen LogP contribution in [0.5, 0.6) is 23.0 Å². The molecule has 0 amide bonds. The van der Waals surface area contributed by atoms with Gasteiger partial charge in [0.25, 0.3) is 0 Å². The van der Waals surface area contributed by atoms with E-state index >= 15 is 0 Å². The molecule has 2 aromatic rings. The van der Waals surface area contributed by atoms with E-state index in [1.807, 2.05) is 18.2 Å². The number of phenolic OH excluding ortho intramolecular Hbond substituents is 1. The first kappa shape index (κ1) is 25.8. The zero-order valence-corrected chi connectivity index (χ0v) is 22.3. The number of allylic oxidation sites excluding steroid dienone is 2. The predicted octanol–water partition coefficient (Wildman–Crippen LogP) is 4.93. The lowest BCUT2D eigenvalue weighted by Gasteiger charge is -2.36. The van der Waals surface area contributed by atoms with Crippen molar-refractivity contribution in [3.05, 3.63) is 57.2 Å². The molecule has 9 heteroatoms. The second kappa shape index (κ2) is 10.3. The van der Waals surface area contributed by atoms with Gasteiger partial charge in [0.1, 0.15) is 5.92 Å². The number of halogens is 1. The van der Waals surface area contributed by atoms with Crippen molar-refractivity contribution >= 4 is 33.4 Å². The number of aromatic hydroxyl groups is 1. The third-order valence-corrected chi connectivity index (χ3v) is 7.46. The van der Waals surface area contributed by atoms with Crippen molar-refractivity contribution in [3.63, 3.8) is 0 Å². The number of benzene rings is 2. The highest BCUT2D eigenvalue weighted by molar-refractivity contribution is 9.10. The number of Topliss-reactive ketones (excluding diaryl/α,β-unsaturated/α-hetero) is 1. The van der Waals surface area contributed by atoms with Gasteiger partial charge in [-0.25, -0.2) is 0 Å². The van der Waals surface area contributed by atoms with E-state index in [1.165, 1.54) is 14.2 Å². The third-order valence-electron chi connectivity index (χ3n) is 6.85. The Hall–Kier alpha value is -3.33. The molecule has 1 heterocycles. The quantitative estimate of drug-likeness (QED) is 0.502. The number of carbonyl (C=O) groups excluding carboxylic acids is 2. The summed E-state index contributed by atoms with van der Waals surface area (Å²) in [5.74, 6) is -0.709. The van der Waals surface area contributed by atoms with E-state index in [0.717, 1.165) is 5.56 Å². The van der Waals surface area contributed by atoms with Crippen molar-refractivity contribution in [2.75, 3.05) is 28.4 Å². The zero-order valence-electron chi connectivity index (χ0n) is 20.8. The van der Waals surface area contributed by atoms with Crippen molar-refractivity contribution in [1.29, 1.82) is 0 Å². The first-order valence-electron chi connectivity index (χ1n) is 11.4. The summed E-state index contributed by atoms with van der Waals surface area (Å²) in [5.41, 5.74) is 3.30. The molecule has 0 aromatic heterocycles. The zero-order chi connectivity index (χ0) is 26.1. The Kier molecular flexibility index (Phi) is 7.40. The van der Waals surface area contributed by atoms with Crippen molar-refractivity contribution < 1.29 is 33.6 Å². The number of hydrogen-bond acceptors (Lipinski definition) is 8. The molecule has 3 atom stereocenters. The number of phenols is 1. The van der Waals surface area contributed by atoms with Crippen molar-refractivity contribution in [2.24, 2.45) is 10.9 Å². The topological polar surface area (TPSA) is 104 Å². The highest BCUT2D eigenvalue weighted by Gasteiger charge is 2.45. The van der Waals surface area contributed by atoms with Crippen LogP contribution in [0.25, 0.3) is 0 Å². The van der Waals surface area contributed by atoms with Crippen LogP contribution in [0.3, 0.4) is 0 Å². The summed E-state index contributed by atoms with van der Waals surface area (Å²) < 4.78 is 21.6. The maximum atomic E-state index is 13.7. The largest absolute Gasteiger partial charge is 0.503 e. The van der Waals surface area contributed by atoms with Gasteiger partial charge in [0, 0.05) is 29.3 Å². The Labute approximate surface area is 218 Å². The molecule has 0 saturated heterocycles. The van der Waals surface area contributed by atoms with Crippen LogP contribution >= 0.6 is 15.9 Å². The fourth-order valence-corrected chi connectivity index (χ4v) is 5.58. The Morgan fingerprint density at radius 1 is 0.972 bits per heavy atom. The van der Waals surface area contributed by atoms with Crippen molar-refractivity contribution in [1.82, 2.24) is 0 Å². The Bertz CT molecular complexity index is 1280. The normalized spacial score (nSPS) is 21.4. The predicted molar refractivity (Wildman–Crippen MR) is 137 cm³/mol. The van der Waals surface area contributed by atoms with Crippen molar-refractivity contribution in [3.8, 4) is 23.0 Å². The van der Waals surface area contributed by atoms with Gasteiger partial charge in [-0.3, -0.25) is 14.6 Å². The molecule has 190 valence electrons. The highest BCUT2D eigenvalue weighted by Crippen LogP contribution is 2.49. The summed E-state index contributed by atoms with van der Waals surface area (Å²) in [6, 6.07) is 9.00. The maximum Gasteiger partial charge on any atom is 0.315 e. The van der Waals surface area contributed by atoms with E-state index in [4.69, 9.17) is 23.9 Å². The van der Waals surface area contributed by atoms with Gasteiger partial charge in [0.05, 0.1) is 32.9 Å². The molecule has 0 fully saturated rings. The number of methoxy groups -OCH3 is 4. The van der Waals surface area contributed by atoms with Gasteiger partial charge < -0.3 is 24.1 Å². The minimum Gasteiger partial charge on any atom is -0.503 e. The van der Waals surface area contributed by atoms with Crippen LogP contribution in [-0.4, -0.2) is 51.0 Å². The molecule has 0 saturated carbocycles. The smallest absolute Gasteiger partial charge is 0.315 e. The minimum absolute atomic E-state index is 0.0604. The number of ether oxygens (including phenoxy) is 4. The van der Waals surface area contributed by atoms with Crippen LogP contribution in [0.2, 0.25) is 0 Å². The van der Waals surface area contributed by atoms with E-state index in [0.29, 0.717) is 44.9 Å². The average Bonchev–Trinajstić information content (AvgIpc) is 2.88. The van der Waals surface area contributed by atoms with Gasteiger partial charge in [-0.15, -0.1) is 0 Å². The van der Waals surface area contributed by atoms with Gasteiger partial charge >= 0.3 is 5.97 Å². The van der Waals surface area contributed by atoms with Crippen LogP contribution in [0.4, 0.5) is 0 Å². The first-order chi connectivity index (χ1) is 17.2. The summed E-state index contributed by atoms with van der Waals surface area (Å²) in [6.07, 6.45) is 0.776. The number of rotatable bonds is 6. The average molecular weight is 558 g/mol. The monoisotopic (exact) mass is 557 g/mol. The Balaban J connectivity index is 1.83. The molecule has 0 radical (unpaired) electrons. The fraction of sp³-hybridized carbons (Fsp3) is 0.370. The third kappa shape index (κ3) is 4.48. The maximum absolute atomic E-state index is 13.7. The van der Waals surface area contributed by atoms with Gasteiger partial charge in [0.15, 0.2) is 28.8 Å². The second-order valence-electron chi connectivity index (χ2n) is 8.79. The van der Waals surface area contributed by atoms with E-state index in [-0.39, 0.29) is 29.6 Å². The van der Waals surface area contributed by atoms with E-state index < -0.39 is 17.8 Å². The summed E-state index contributed by atoms with van der Waals surface area (Å²) in [7, 11) is 5.91. The SMILES string of the molecule is COC(=O)C1C(C)=NC2=C(C(=O)C[C@H](c3ccc(OC)c(OC)c3)C2)[C@@H]1c1cc(Br)c(O)c(OC)c1. The fourth-order valence-electron chi connectivity index (χ4n) is 5.12. The summed E-state index contributed by atoms with van der Waals surface area (Å²) in [5, 5.41) is 10.3. The molecule has 1 aliphatic carbocycles. The Morgan fingerprint density at radius 3 is 2.28 bits per heavy atom.